The lowest BCUT2D eigenvalue weighted by atomic mass is 9.96. The van der Waals surface area contributed by atoms with Crippen LogP contribution in [0.25, 0.3) is 0 Å². The summed E-state index contributed by atoms with van der Waals surface area (Å²) in [5.41, 5.74) is 0. The second-order valence-electron chi connectivity index (χ2n) is 7.93. The van der Waals surface area contributed by atoms with Gasteiger partial charge in [0, 0.05) is 13.8 Å². The maximum Gasteiger partial charge on any atom is 0.303 e. The molecule has 9 heteroatoms. The standard InChI is InChI=1S/C16H31NO7Si/c1-9(18)17-12-13(20)14(23-10(2)19)11(24-15(12)21)8-22-25(6,7)16(3,4)5/h11-15,20-21H,8H2,1-7H3,(H,17,18)/t11-,12-,13-,14-,15-/m1/s1. The van der Waals surface area contributed by atoms with Crippen LogP contribution in [0, 0.1) is 0 Å². The van der Waals surface area contributed by atoms with E-state index in [9.17, 15) is 19.8 Å². The van der Waals surface area contributed by atoms with Crippen molar-refractivity contribution in [3.8, 4) is 0 Å². The van der Waals surface area contributed by atoms with E-state index in [2.05, 4.69) is 39.2 Å². The quantitative estimate of drug-likeness (QED) is 0.473. The fraction of sp³-hybridized carbons (Fsp3) is 0.875. The number of nitrogens with one attached hydrogen (secondary N) is 1. The molecule has 1 heterocycles. The molecule has 5 atom stereocenters. The number of carbonyl (C=O) groups is 2. The van der Waals surface area contributed by atoms with Crippen molar-refractivity contribution in [1.82, 2.24) is 5.32 Å². The van der Waals surface area contributed by atoms with Crippen LogP contribution >= 0.6 is 0 Å². The number of ether oxygens (including phenoxy) is 2. The van der Waals surface area contributed by atoms with E-state index in [4.69, 9.17) is 13.9 Å². The van der Waals surface area contributed by atoms with Gasteiger partial charge in [-0.25, -0.2) is 0 Å². The lowest BCUT2D eigenvalue weighted by molar-refractivity contribution is -0.258. The third kappa shape index (κ3) is 5.75. The van der Waals surface area contributed by atoms with Crippen molar-refractivity contribution >= 4 is 20.2 Å². The highest BCUT2D eigenvalue weighted by atomic mass is 28.4. The van der Waals surface area contributed by atoms with Gasteiger partial charge >= 0.3 is 5.97 Å². The van der Waals surface area contributed by atoms with Crippen LogP contribution < -0.4 is 5.32 Å². The van der Waals surface area contributed by atoms with Crippen molar-refractivity contribution in [2.45, 2.75) is 83.4 Å². The van der Waals surface area contributed by atoms with Crippen LogP contribution in [0.15, 0.2) is 0 Å². The fourth-order valence-electron chi connectivity index (χ4n) is 2.30. The monoisotopic (exact) mass is 377 g/mol. The minimum absolute atomic E-state index is 0.0332. The Bertz CT molecular complexity index is 491. The molecule has 0 aromatic heterocycles. The Morgan fingerprint density at radius 1 is 1.20 bits per heavy atom. The van der Waals surface area contributed by atoms with Gasteiger partial charge in [-0.3, -0.25) is 9.59 Å². The second-order valence-corrected chi connectivity index (χ2v) is 12.7. The third-order valence-corrected chi connectivity index (χ3v) is 9.28. The van der Waals surface area contributed by atoms with Gasteiger partial charge in [-0.1, -0.05) is 20.8 Å². The fourth-order valence-corrected chi connectivity index (χ4v) is 3.32. The lowest BCUT2D eigenvalue weighted by Crippen LogP contribution is -2.65. The molecule has 0 aromatic rings. The van der Waals surface area contributed by atoms with Gasteiger partial charge in [0.1, 0.15) is 18.2 Å². The number of hydrogen-bond acceptors (Lipinski definition) is 7. The Kier molecular flexibility index (Phi) is 7.17. The molecule has 0 radical (unpaired) electrons. The minimum Gasteiger partial charge on any atom is -0.457 e. The van der Waals surface area contributed by atoms with Crippen LogP contribution in [0.4, 0.5) is 0 Å². The highest BCUT2D eigenvalue weighted by molar-refractivity contribution is 6.74. The third-order valence-electron chi connectivity index (χ3n) is 4.78. The predicted octanol–water partition coefficient (Wildman–Crippen LogP) is 0.523. The van der Waals surface area contributed by atoms with E-state index in [1.807, 2.05) is 0 Å². The molecule has 146 valence electrons. The topological polar surface area (TPSA) is 114 Å². The summed E-state index contributed by atoms with van der Waals surface area (Å²) >= 11 is 0. The molecule has 0 aliphatic carbocycles. The average Bonchev–Trinajstić information content (AvgIpc) is 2.43. The van der Waals surface area contributed by atoms with Crippen molar-refractivity contribution < 1.29 is 33.7 Å². The van der Waals surface area contributed by atoms with Crippen LogP contribution in [-0.4, -0.2) is 67.7 Å². The molecule has 25 heavy (non-hydrogen) atoms. The van der Waals surface area contributed by atoms with E-state index >= 15 is 0 Å². The van der Waals surface area contributed by atoms with Crippen molar-refractivity contribution in [3.63, 3.8) is 0 Å². The number of hydrogen-bond donors (Lipinski definition) is 3. The van der Waals surface area contributed by atoms with Gasteiger partial charge in [0.15, 0.2) is 20.7 Å². The van der Waals surface area contributed by atoms with Crippen LogP contribution in [0.1, 0.15) is 34.6 Å². The van der Waals surface area contributed by atoms with Crippen LogP contribution in [0.5, 0.6) is 0 Å². The Balaban J connectivity index is 2.93. The molecule has 8 nitrogen and oxygen atoms in total. The largest absolute Gasteiger partial charge is 0.457 e. The van der Waals surface area contributed by atoms with Gasteiger partial charge in [0.25, 0.3) is 0 Å². The SMILES string of the molecule is CC(=O)N[C@@H]1[C@@H](O)[C@H](OC(C)=O)[C@@H](CO[Si](C)(C)C(C)(C)C)O[C@H]1O. The summed E-state index contributed by atoms with van der Waals surface area (Å²) in [6, 6.07) is -1.09. The van der Waals surface area contributed by atoms with Gasteiger partial charge < -0.3 is 29.4 Å². The van der Waals surface area contributed by atoms with Gasteiger partial charge in [0.05, 0.1) is 6.61 Å². The molecule has 1 amide bonds. The molecule has 1 aliphatic rings. The summed E-state index contributed by atoms with van der Waals surface area (Å²) in [7, 11) is -2.10. The number of aliphatic hydroxyl groups excluding tert-OH is 2. The number of aliphatic hydroxyl groups is 2. The Hall–Kier alpha value is -1.00. The minimum atomic E-state index is -2.10. The molecular weight excluding hydrogens is 346 g/mol. The first-order valence-electron chi connectivity index (χ1n) is 8.36. The van der Waals surface area contributed by atoms with Gasteiger partial charge in [0.2, 0.25) is 5.91 Å². The zero-order chi connectivity index (χ0) is 19.6. The molecule has 0 bridgehead atoms. The molecule has 0 spiro atoms. The molecule has 0 aromatic carbocycles. The lowest BCUT2D eigenvalue weighted by Gasteiger charge is -2.44. The summed E-state index contributed by atoms with van der Waals surface area (Å²) in [4.78, 5) is 22.7. The van der Waals surface area contributed by atoms with Gasteiger partial charge in [-0.15, -0.1) is 0 Å². The van der Waals surface area contributed by atoms with E-state index in [0.717, 1.165) is 0 Å². The Morgan fingerprint density at radius 2 is 1.76 bits per heavy atom. The first-order valence-corrected chi connectivity index (χ1v) is 11.3. The van der Waals surface area contributed by atoms with Crippen LogP contribution in [0.2, 0.25) is 18.1 Å². The number of esters is 1. The highest BCUT2D eigenvalue weighted by Gasteiger charge is 2.48. The maximum absolute atomic E-state index is 11.4. The highest BCUT2D eigenvalue weighted by Crippen LogP contribution is 2.37. The first-order chi connectivity index (χ1) is 11.3. The Morgan fingerprint density at radius 3 is 2.20 bits per heavy atom. The molecule has 1 saturated heterocycles. The molecule has 1 rings (SSSR count). The van der Waals surface area contributed by atoms with Crippen molar-refractivity contribution in [1.29, 1.82) is 0 Å². The first kappa shape index (κ1) is 22.0. The predicted molar refractivity (Wildman–Crippen MR) is 93.2 cm³/mol. The van der Waals surface area contributed by atoms with Crippen molar-refractivity contribution in [2.24, 2.45) is 0 Å². The maximum atomic E-state index is 11.4. The number of rotatable bonds is 5. The van der Waals surface area contributed by atoms with E-state index in [-0.39, 0.29) is 11.6 Å². The van der Waals surface area contributed by atoms with E-state index in [1.165, 1.54) is 13.8 Å². The molecule has 0 saturated carbocycles. The van der Waals surface area contributed by atoms with Crippen molar-refractivity contribution in [2.75, 3.05) is 6.61 Å². The summed E-state index contributed by atoms with van der Waals surface area (Å²) in [5, 5.41) is 23.0. The van der Waals surface area contributed by atoms with Crippen LogP contribution in [-0.2, 0) is 23.5 Å². The zero-order valence-electron chi connectivity index (χ0n) is 16.0. The normalized spacial score (nSPS) is 30.7. The molecule has 3 N–H and O–H groups in total. The smallest absolute Gasteiger partial charge is 0.303 e. The van der Waals surface area contributed by atoms with E-state index in [1.54, 1.807) is 0 Å². The molecular formula is C16H31NO7Si. The summed E-state index contributed by atoms with van der Waals surface area (Å²) in [6.07, 6.45) is -4.64. The average molecular weight is 378 g/mol. The molecule has 0 unspecified atom stereocenters. The van der Waals surface area contributed by atoms with Gasteiger partial charge in [-0.2, -0.15) is 0 Å². The molecule has 1 fully saturated rings. The summed E-state index contributed by atoms with van der Waals surface area (Å²) in [6.45, 7) is 12.9. The van der Waals surface area contributed by atoms with E-state index < -0.39 is 50.8 Å². The van der Waals surface area contributed by atoms with Gasteiger partial charge in [-0.05, 0) is 18.1 Å². The van der Waals surface area contributed by atoms with Crippen molar-refractivity contribution in [3.05, 3.63) is 0 Å². The number of carbonyl (C=O) groups excluding carboxylic acids is 2. The van der Waals surface area contributed by atoms with E-state index in [0.29, 0.717) is 0 Å². The van der Waals surface area contributed by atoms with Crippen LogP contribution in [0.3, 0.4) is 0 Å². The second kappa shape index (κ2) is 8.13. The molecule has 1 aliphatic heterocycles. The summed E-state index contributed by atoms with van der Waals surface area (Å²) < 4.78 is 16.8. The Labute approximate surface area is 150 Å². The summed E-state index contributed by atoms with van der Waals surface area (Å²) in [5.74, 6) is -1.04. The zero-order valence-corrected chi connectivity index (χ0v) is 17.0. The number of amides is 1.